The molecule has 0 bridgehead atoms. The van der Waals surface area contributed by atoms with Gasteiger partial charge in [0.25, 0.3) is 0 Å². The molecule has 0 radical (unpaired) electrons. The molecule has 2 heteroatoms. The molecule has 1 aliphatic heterocycles. The first-order chi connectivity index (χ1) is 10.8. The average molecular weight is 335 g/mol. The first-order valence-corrected chi connectivity index (χ1v) is 11.1. The van der Waals surface area contributed by atoms with Gasteiger partial charge < -0.3 is 5.11 Å². The fourth-order valence-corrected chi connectivity index (χ4v) is 8.95. The van der Waals surface area contributed by atoms with E-state index >= 15 is 0 Å². The minimum atomic E-state index is -0.415. The van der Waals surface area contributed by atoms with Crippen LogP contribution in [-0.4, -0.2) is 21.2 Å². The molecule has 130 valence electrons. The van der Waals surface area contributed by atoms with Crippen molar-refractivity contribution < 1.29 is 5.11 Å². The van der Waals surface area contributed by atoms with Crippen molar-refractivity contribution in [1.82, 2.24) is 0 Å². The molecule has 4 aliphatic carbocycles. The summed E-state index contributed by atoms with van der Waals surface area (Å²) in [5.74, 6) is 5.11. The van der Waals surface area contributed by atoms with E-state index in [1.165, 1.54) is 57.1 Å². The molecular weight excluding hydrogens is 300 g/mol. The minimum Gasteiger partial charge on any atom is -0.390 e. The van der Waals surface area contributed by atoms with Crippen molar-refractivity contribution in [3.63, 3.8) is 0 Å². The van der Waals surface area contributed by atoms with E-state index in [4.69, 9.17) is 0 Å². The van der Waals surface area contributed by atoms with Crippen molar-refractivity contribution in [3.05, 3.63) is 0 Å². The van der Waals surface area contributed by atoms with E-state index in [2.05, 4.69) is 32.5 Å². The van der Waals surface area contributed by atoms with Crippen LogP contribution in [0, 0.1) is 34.5 Å². The van der Waals surface area contributed by atoms with Crippen molar-refractivity contribution in [2.75, 3.05) is 5.75 Å². The van der Waals surface area contributed by atoms with Gasteiger partial charge in [0.15, 0.2) is 0 Å². The highest BCUT2D eigenvalue weighted by Crippen LogP contribution is 2.71. The molecule has 0 aromatic rings. The Morgan fingerprint density at radius 1 is 0.870 bits per heavy atom. The van der Waals surface area contributed by atoms with E-state index in [1.807, 2.05) is 0 Å². The summed E-state index contributed by atoms with van der Waals surface area (Å²) in [6.45, 7) is 7.23. The predicted molar refractivity (Wildman–Crippen MR) is 97.5 cm³/mol. The van der Waals surface area contributed by atoms with Crippen LogP contribution in [-0.2, 0) is 0 Å². The molecule has 5 fully saturated rings. The number of hydrogen-bond donors (Lipinski definition) is 1. The third kappa shape index (κ3) is 1.92. The molecule has 0 aromatic heterocycles. The molecule has 1 N–H and O–H groups in total. The Labute approximate surface area is 146 Å². The average Bonchev–Trinajstić information content (AvgIpc) is 3.21. The molecule has 23 heavy (non-hydrogen) atoms. The first kappa shape index (κ1) is 15.6. The van der Waals surface area contributed by atoms with Crippen LogP contribution < -0.4 is 0 Å². The van der Waals surface area contributed by atoms with Gasteiger partial charge in [-0.25, -0.2) is 0 Å². The van der Waals surface area contributed by atoms with E-state index in [0.29, 0.717) is 5.41 Å². The number of rotatable bonds is 0. The van der Waals surface area contributed by atoms with Crippen LogP contribution in [0.3, 0.4) is 0 Å². The van der Waals surface area contributed by atoms with Crippen molar-refractivity contribution in [2.45, 2.75) is 88.9 Å². The molecule has 1 saturated heterocycles. The van der Waals surface area contributed by atoms with Crippen LogP contribution in [0.25, 0.3) is 0 Å². The second-order valence-corrected chi connectivity index (χ2v) is 12.0. The summed E-state index contributed by atoms with van der Waals surface area (Å²) < 4.78 is 0.733. The topological polar surface area (TPSA) is 20.2 Å². The van der Waals surface area contributed by atoms with Gasteiger partial charge in [-0.3, -0.25) is 0 Å². The third-order valence-electron chi connectivity index (χ3n) is 9.92. The normalized spacial score (nSPS) is 64.2. The van der Waals surface area contributed by atoms with E-state index in [-0.39, 0.29) is 5.41 Å². The second kappa shape index (κ2) is 4.53. The second-order valence-electron chi connectivity index (χ2n) is 10.6. The minimum absolute atomic E-state index is 0.194. The Hall–Kier alpha value is 0.310. The molecule has 1 heterocycles. The van der Waals surface area contributed by atoms with E-state index in [1.54, 1.807) is 0 Å². The maximum absolute atomic E-state index is 11.0. The molecule has 1 spiro atoms. The van der Waals surface area contributed by atoms with Gasteiger partial charge in [-0.1, -0.05) is 13.8 Å². The van der Waals surface area contributed by atoms with Gasteiger partial charge >= 0.3 is 0 Å². The lowest BCUT2D eigenvalue weighted by molar-refractivity contribution is -0.146. The highest BCUT2D eigenvalue weighted by atomic mass is 32.2. The van der Waals surface area contributed by atoms with Crippen LogP contribution in [0.4, 0.5) is 0 Å². The smallest absolute Gasteiger partial charge is 0.0675 e. The largest absolute Gasteiger partial charge is 0.390 e. The molecular formula is C21H34OS. The summed E-state index contributed by atoms with van der Waals surface area (Å²) >= 11 is 2.26. The van der Waals surface area contributed by atoms with Crippen molar-refractivity contribution in [3.8, 4) is 0 Å². The van der Waals surface area contributed by atoms with Crippen molar-refractivity contribution in [2.24, 2.45) is 34.5 Å². The molecule has 1 nitrogen and oxygen atoms in total. The monoisotopic (exact) mass is 334 g/mol. The maximum Gasteiger partial charge on any atom is 0.0675 e. The third-order valence-corrected chi connectivity index (χ3v) is 11.4. The van der Waals surface area contributed by atoms with Gasteiger partial charge in [-0.15, -0.1) is 0 Å². The van der Waals surface area contributed by atoms with Crippen molar-refractivity contribution in [1.29, 1.82) is 0 Å². The van der Waals surface area contributed by atoms with Crippen LogP contribution >= 0.6 is 11.8 Å². The van der Waals surface area contributed by atoms with Gasteiger partial charge in [0, 0.05) is 10.5 Å². The zero-order valence-corrected chi connectivity index (χ0v) is 16.1. The lowest BCUT2D eigenvalue weighted by Gasteiger charge is -2.61. The lowest BCUT2D eigenvalue weighted by atomic mass is 9.44. The standard InChI is InChI=1S/C21H34OS/c1-18-10-11-21(13-23-21)12-14(18)4-5-15-16(18)6-8-19(2)17(15)7-9-20(19,3)22/h14-17,22H,4-13H2,1-3H3/t14?,15?,16?,17?,18-,19-,20-,21+/m1/s1. The molecule has 0 aromatic carbocycles. The SMILES string of the molecule is C[C@@]12CC[C@@]3(CS3)CC1CCC1C2CC[C@]2(C)C1CC[C@@]2(C)O. The van der Waals surface area contributed by atoms with Crippen LogP contribution in [0.1, 0.15) is 78.6 Å². The summed E-state index contributed by atoms with van der Waals surface area (Å²) in [5, 5.41) is 11.0. The Bertz CT molecular complexity index is 524. The Morgan fingerprint density at radius 3 is 2.35 bits per heavy atom. The maximum atomic E-state index is 11.0. The molecule has 5 rings (SSSR count). The van der Waals surface area contributed by atoms with Crippen LogP contribution in [0.15, 0.2) is 0 Å². The summed E-state index contributed by atoms with van der Waals surface area (Å²) in [6.07, 6.45) is 12.4. The van der Waals surface area contributed by atoms with Gasteiger partial charge in [0.1, 0.15) is 0 Å². The van der Waals surface area contributed by atoms with Gasteiger partial charge in [-0.2, -0.15) is 11.8 Å². The summed E-state index contributed by atoms with van der Waals surface area (Å²) in [6, 6.07) is 0. The van der Waals surface area contributed by atoms with Crippen LogP contribution in [0.2, 0.25) is 0 Å². The first-order valence-electron chi connectivity index (χ1n) is 10.2. The van der Waals surface area contributed by atoms with Crippen molar-refractivity contribution >= 4 is 11.8 Å². The lowest BCUT2D eigenvalue weighted by Crippen LogP contribution is -2.56. The Morgan fingerprint density at radius 2 is 1.61 bits per heavy atom. The van der Waals surface area contributed by atoms with Gasteiger partial charge in [0.2, 0.25) is 0 Å². The zero-order chi connectivity index (χ0) is 16.1. The molecule has 4 saturated carbocycles. The quantitative estimate of drug-likeness (QED) is 0.609. The van der Waals surface area contributed by atoms with E-state index in [0.717, 1.165) is 34.8 Å². The fraction of sp³-hybridized carbons (Fsp3) is 1.00. The zero-order valence-electron chi connectivity index (χ0n) is 15.2. The van der Waals surface area contributed by atoms with Crippen LogP contribution in [0.5, 0.6) is 0 Å². The summed E-state index contributed by atoms with van der Waals surface area (Å²) in [5.41, 5.74) is 0.397. The number of hydrogen-bond acceptors (Lipinski definition) is 2. The fourth-order valence-electron chi connectivity index (χ4n) is 7.92. The Kier molecular flexibility index (Phi) is 3.06. The number of thioether (sulfide) groups is 1. The Balaban J connectivity index is 1.45. The van der Waals surface area contributed by atoms with Gasteiger partial charge in [-0.05, 0) is 99.2 Å². The van der Waals surface area contributed by atoms with E-state index < -0.39 is 5.60 Å². The number of aliphatic hydroxyl groups is 1. The highest BCUT2D eigenvalue weighted by molar-refractivity contribution is 8.07. The molecule has 4 unspecified atom stereocenters. The highest BCUT2D eigenvalue weighted by Gasteiger charge is 2.64. The summed E-state index contributed by atoms with van der Waals surface area (Å²) in [7, 11) is 0. The summed E-state index contributed by atoms with van der Waals surface area (Å²) in [4.78, 5) is 0. The number of fused-ring (bicyclic) bond motifs is 5. The molecule has 5 aliphatic rings. The molecule has 8 atom stereocenters. The molecule has 0 amide bonds. The van der Waals surface area contributed by atoms with E-state index in [9.17, 15) is 5.11 Å². The predicted octanol–water partition coefficient (Wildman–Crippen LogP) is 5.27. The van der Waals surface area contributed by atoms with Gasteiger partial charge in [0.05, 0.1) is 5.60 Å².